The van der Waals surface area contributed by atoms with Crippen molar-refractivity contribution in [1.29, 1.82) is 0 Å². The molecule has 2 rings (SSSR count). The number of rotatable bonds is 5. The van der Waals surface area contributed by atoms with Crippen molar-refractivity contribution < 1.29 is 23.4 Å². The van der Waals surface area contributed by atoms with Gasteiger partial charge in [-0.3, -0.25) is 0 Å². The number of carbonyl (C=O) groups is 1. The van der Waals surface area contributed by atoms with Crippen molar-refractivity contribution in [2.24, 2.45) is 5.92 Å². The van der Waals surface area contributed by atoms with E-state index in [1.54, 1.807) is 0 Å². The fourth-order valence-corrected chi connectivity index (χ4v) is 5.81. The minimum atomic E-state index is -3.73. The molecule has 0 amide bonds. The van der Waals surface area contributed by atoms with Gasteiger partial charge in [0, 0.05) is 6.54 Å². The molecule has 1 aromatic heterocycles. The van der Waals surface area contributed by atoms with Crippen molar-refractivity contribution >= 4 is 43.3 Å². The van der Waals surface area contributed by atoms with E-state index in [1.807, 2.05) is 0 Å². The fraction of sp³-hybridized carbons (Fsp3) is 0.583. The van der Waals surface area contributed by atoms with Crippen molar-refractivity contribution in [3.8, 4) is 0 Å². The summed E-state index contributed by atoms with van der Waals surface area (Å²) < 4.78 is 27.2. The molecule has 9 heteroatoms. The predicted octanol–water partition coefficient (Wildman–Crippen LogP) is 2.04. The fourth-order valence-electron chi connectivity index (χ4n) is 2.29. The number of sulfonamides is 1. The summed E-state index contributed by atoms with van der Waals surface area (Å²) in [5.74, 6) is -0.942. The third kappa shape index (κ3) is 4.26. The number of carboxylic acid groups (broad SMARTS) is 1. The van der Waals surface area contributed by atoms with Crippen LogP contribution in [0.25, 0.3) is 0 Å². The Morgan fingerprint density at radius 3 is 2.52 bits per heavy atom. The lowest BCUT2D eigenvalue weighted by molar-refractivity contribution is 0.0702. The van der Waals surface area contributed by atoms with Crippen LogP contribution < -0.4 is 4.72 Å². The zero-order chi connectivity index (χ0) is 15.6. The summed E-state index contributed by atoms with van der Waals surface area (Å²) in [6.07, 6.45) is 2.68. The molecule has 0 atom stereocenters. The Balaban J connectivity index is 2.03. The van der Waals surface area contributed by atoms with E-state index in [1.165, 1.54) is 0 Å². The molecule has 0 unspecified atom stereocenters. The summed E-state index contributed by atoms with van der Waals surface area (Å²) in [5.41, 5.74) is 0. The predicted molar refractivity (Wildman–Crippen MR) is 82.1 cm³/mol. The van der Waals surface area contributed by atoms with Gasteiger partial charge in [0.25, 0.3) is 0 Å². The van der Waals surface area contributed by atoms with Gasteiger partial charge in [-0.1, -0.05) is 0 Å². The summed E-state index contributed by atoms with van der Waals surface area (Å²) in [5, 5.41) is 18.3. The third-order valence-electron chi connectivity index (χ3n) is 3.53. The number of carboxylic acids is 1. The molecule has 1 saturated carbocycles. The van der Waals surface area contributed by atoms with Gasteiger partial charge in [-0.15, -0.1) is 11.3 Å². The van der Waals surface area contributed by atoms with Crippen LogP contribution in [0.5, 0.6) is 0 Å². The van der Waals surface area contributed by atoms with E-state index in [0.29, 0.717) is 19.4 Å². The van der Waals surface area contributed by atoms with Crippen molar-refractivity contribution in [2.75, 3.05) is 6.54 Å². The van der Waals surface area contributed by atoms with E-state index in [2.05, 4.69) is 20.7 Å². The molecule has 6 nitrogen and oxygen atoms in total. The van der Waals surface area contributed by atoms with E-state index < -0.39 is 16.0 Å². The number of thiophene rings is 1. The number of hydrogen-bond acceptors (Lipinski definition) is 5. The Morgan fingerprint density at radius 1 is 1.38 bits per heavy atom. The van der Waals surface area contributed by atoms with Crippen molar-refractivity contribution in [1.82, 2.24) is 4.72 Å². The molecule has 0 spiro atoms. The number of halogens is 1. The lowest BCUT2D eigenvalue weighted by Gasteiger charge is -2.25. The maximum absolute atomic E-state index is 12.2. The number of nitrogens with one attached hydrogen (secondary N) is 1. The van der Waals surface area contributed by atoms with E-state index in [9.17, 15) is 18.3 Å². The van der Waals surface area contributed by atoms with Crippen LogP contribution in [-0.4, -0.2) is 37.2 Å². The maximum atomic E-state index is 12.2. The Morgan fingerprint density at radius 2 is 2.00 bits per heavy atom. The SMILES string of the molecule is O=C(O)c1cc(S(=O)(=O)NCC2CCC(O)CC2)c(Br)s1. The summed E-state index contributed by atoms with van der Waals surface area (Å²) in [6.45, 7) is 0.305. The van der Waals surface area contributed by atoms with Gasteiger partial charge >= 0.3 is 5.97 Å². The van der Waals surface area contributed by atoms with Crippen LogP contribution in [0.2, 0.25) is 0 Å². The molecule has 1 aliphatic carbocycles. The zero-order valence-corrected chi connectivity index (χ0v) is 14.3. The van der Waals surface area contributed by atoms with Crippen LogP contribution in [0.4, 0.5) is 0 Å². The van der Waals surface area contributed by atoms with Gasteiger partial charge < -0.3 is 10.2 Å². The monoisotopic (exact) mass is 397 g/mol. The van der Waals surface area contributed by atoms with Crippen LogP contribution in [0.3, 0.4) is 0 Å². The highest BCUT2D eigenvalue weighted by molar-refractivity contribution is 9.11. The third-order valence-corrected chi connectivity index (χ3v) is 7.20. The molecule has 0 radical (unpaired) electrons. The number of aromatic carboxylic acids is 1. The van der Waals surface area contributed by atoms with E-state index in [-0.39, 0.29) is 25.6 Å². The molecule has 1 aromatic rings. The highest BCUT2D eigenvalue weighted by atomic mass is 79.9. The molecule has 21 heavy (non-hydrogen) atoms. The van der Waals surface area contributed by atoms with Crippen LogP contribution in [0.15, 0.2) is 14.7 Å². The zero-order valence-electron chi connectivity index (χ0n) is 11.1. The first-order valence-electron chi connectivity index (χ1n) is 6.50. The molecule has 1 heterocycles. The smallest absolute Gasteiger partial charge is 0.345 e. The molecule has 118 valence electrons. The van der Waals surface area contributed by atoms with Gasteiger partial charge in [-0.2, -0.15) is 0 Å². The Bertz CT molecular complexity index is 620. The first-order valence-corrected chi connectivity index (χ1v) is 9.59. The first-order chi connectivity index (χ1) is 9.79. The Labute approximate surface area is 135 Å². The second-order valence-corrected chi connectivity index (χ2v) is 9.19. The lowest BCUT2D eigenvalue weighted by atomic mass is 9.88. The number of aliphatic hydroxyl groups is 1. The molecule has 0 aliphatic heterocycles. The van der Waals surface area contributed by atoms with E-state index in [4.69, 9.17) is 5.11 Å². The van der Waals surface area contributed by atoms with Crippen LogP contribution >= 0.6 is 27.3 Å². The molecule has 0 saturated heterocycles. The van der Waals surface area contributed by atoms with Gasteiger partial charge in [-0.25, -0.2) is 17.9 Å². The molecular formula is C12H16BrNO5S2. The molecule has 3 N–H and O–H groups in total. The second kappa shape index (κ2) is 6.74. The summed E-state index contributed by atoms with van der Waals surface area (Å²) >= 11 is 3.97. The largest absolute Gasteiger partial charge is 0.477 e. The molecular weight excluding hydrogens is 382 g/mol. The standard InChI is InChI=1S/C12H16BrNO5S2/c13-11-10(5-9(20-11)12(16)17)21(18,19)14-6-7-1-3-8(15)4-2-7/h5,7-8,14-15H,1-4,6H2,(H,16,17). The molecule has 1 fully saturated rings. The normalized spacial score (nSPS) is 23.1. The molecule has 1 aliphatic rings. The Kier molecular flexibility index (Phi) is 5.42. The van der Waals surface area contributed by atoms with Crippen LogP contribution in [0, 0.1) is 5.92 Å². The quantitative estimate of drug-likeness (QED) is 0.704. The van der Waals surface area contributed by atoms with Gasteiger partial charge in [0.15, 0.2) is 0 Å². The lowest BCUT2D eigenvalue weighted by Crippen LogP contribution is -2.32. The highest BCUT2D eigenvalue weighted by Crippen LogP contribution is 2.32. The average molecular weight is 398 g/mol. The van der Waals surface area contributed by atoms with Crippen molar-refractivity contribution in [3.05, 3.63) is 14.7 Å². The maximum Gasteiger partial charge on any atom is 0.345 e. The van der Waals surface area contributed by atoms with E-state index in [0.717, 1.165) is 30.2 Å². The van der Waals surface area contributed by atoms with Crippen LogP contribution in [0.1, 0.15) is 35.4 Å². The van der Waals surface area contributed by atoms with Gasteiger partial charge in [0.2, 0.25) is 10.0 Å². The molecule has 0 aromatic carbocycles. The van der Waals surface area contributed by atoms with Crippen molar-refractivity contribution in [2.45, 2.75) is 36.7 Å². The summed E-state index contributed by atoms with van der Waals surface area (Å²) in [7, 11) is -3.73. The topological polar surface area (TPSA) is 104 Å². The van der Waals surface area contributed by atoms with Crippen molar-refractivity contribution in [3.63, 3.8) is 0 Å². The van der Waals surface area contributed by atoms with Gasteiger partial charge in [-0.05, 0) is 53.6 Å². The minimum absolute atomic E-state index is 0.0250. The van der Waals surface area contributed by atoms with Gasteiger partial charge in [0.05, 0.1) is 9.89 Å². The van der Waals surface area contributed by atoms with Gasteiger partial charge in [0.1, 0.15) is 9.77 Å². The average Bonchev–Trinajstić information content (AvgIpc) is 2.81. The van der Waals surface area contributed by atoms with E-state index >= 15 is 0 Å². The summed E-state index contributed by atoms with van der Waals surface area (Å²) in [6, 6.07) is 1.16. The number of aliphatic hydroxyl groups excluding tert-OH is 1. The second-order valence-electron chi connectivity index (χ2n) is 5.08. The van der Waals surface area contributed by atoms with Crippen LogP contribution in [-0.2, 0) is 10.0 Å². The number of hydrogen-bond donors (Lipinski definition) is 3. The highest BCUT2D eigenvalue weighted by Gasteiger charge is 2.25. The first kappa shape index (κ1) is 16.9. The Hall–Kier alpha value is -0.480. The minimum Gasteiger partial charge on any atom is -0.477 e. The summed E-state index contributed by atoms with van der Waals surface area (Å²) in [4.78, 5) is 10.8. The molecule has 0 bridgehead atoms.